The first-order chi connectivity index (χ1) is 8.61. The Morgan fingerprint density at radius 2 is 1.78 bits per heavy atom. The van der Waals surface area contributed by atoms with Crippen molar-refractivity contribution >= 4 is 17.3 Å². The molecular formula is C16H18ClN. The predicted octanol–water partition coefficient (Wildman–Crippen LogP) is 5.10. The van der Waals surface area contributed by atoms with Gasteiger partial charge in [0.25, 0.3) is 0 Å². The molecule has 1 atom stereocenters. The Bertz CT molecular complexity index is 531. The molecule has 2 N–H and O–H groups in total. The van der Waals surface area contributed by atoms with Gasteiger partial charge in [0.1, 0.15) is 0 Å². The zero-order chi connectivity index (χ0) is 13.1. The molecule has 0 aliphatic rings. The molecular weight excluding hydrogens is 242 g/mol. The van der Waals surface area contributed by atoms with Gasteiger partial charge in [0, 0.05) is 16.3 Å². The molecule has 0 aromatic heterocycles. The van der Waals surface area contributed by atoms with Gasteiger partial charge in [-0.2, -0.15) is 0 Å². The van der Waals surface area contributed by atoms with Gasteiger partial charge in [0.2, 0.25) is 0 Å². The summed E-state index contributed by atoms with van der Waals surface area (Å²) in [6, 6.07) is 14.1. The van der Waals surface area contributed by atoms with Gasteiger partial charge < -0.3 is 5.73 Å². The first-order valence-electron chi connectivity index (χ1n) is 6.27. The van der Waals surface area contributed by atoms with E-state index < -0.39 is 0 Å². The summed E-state index contributed by atoms with van der Waals surface area (Å²) < 4.78 is 0. The second kappa shape index (κ2) is 5.45. The van der Waals surface area contributed by atoms with E-state index in [1.807, 2.05) is 18.2 Å². The van der Waals surface area contributed by atoms with Crippen LogP contribution in [-0.4, -0.2) is 0 Å². The lowest BCUT2D eigenvalue weighted by Gasteiger charge is -2.11. The van der Waals surface area contributed by atoms with Gasteiger partial charge in [-0.1, -0.05) is 49.7 Å². The monoisotopic (exact) mass is 259 g/mol. The zero-order valence-corrected chi connectivity index (χ0v) is 11.5. The molecule has 2 heteroatoms. The second-order valence-electron chi connectivity index (χ2n) is 4.66. The van der Waals surface area contributed by atoms with Crippen LogP contribution in [0.5, 0.6) is 0 Å². The number of anilines is 1. The van der Waals surface area contributed by atoms with E-state index in [-0.39, 0.29) is 0 Å². The molecule has 0 radical (unpaired) electrons. The number of nitrogens with two attached hydrogens (primary N) is 1. The third-order valence-corrected chi connectivity index (χ3v) is 3.65. The Hall–Kier alpha value is -1.47. The van der Waals surface area contributed by atoms with E-state index in [4.69, 9.17) is 17.3 Å². The van der Waals surface area contributed by atoms with Crippen molar-refractivity contribution in [2.45, 2.75) is 26.2 Å². The van der Waals surface area contributed by atoms with E-state index in [0.29, 0.717) is 10.9 Å². The molecule has 2 aromatic carbocycles. The molecule has 18 heavy (non-hydrogen) atoms. The summed E-state index contributed by atoms with van der Waals surface area (Å²) in [4.78, 5) is 0. The maximum atomic E-state index is 6.02. The zero-order valence-electron chi connectivity index (χ0n) is 10.8. The molecule has 0 aliphatic heterocycles. The highest BCUT2D eigenvalue weighted by molar-refractivity contribution is 6.31. The predicted molar refractivity (Wildman–Crippen MR) is 80.0 cm³/mol. The first kappa shape index (κ1) is 13.0. The highest BCUT2D eigenvalue weighted by atomic mass is 35.5. The van der Waals surface area contributed by atoms with Gasteiger partial charge in [0.15, 0.2) is 0 Å². The Labute approximate surface area is 114 Å². The van der Waals surface area contributed by atoms with Crippen molar-refractivity contribution < 1.29 is 0 Å². The van der Waals surface area contributed by atoms with E-state index in [2.05, 4.69) is 38.1 Å². The van der Waals surface area contributed by atoms with Gasteiger partial charge in [-0.3, -0.25) is 0 Å². The van der Waals surface area contributed by atoms with Crippen LogP contribution in [0.4, 0.5) is 5.69 Å². The molecule has 0 amide bonds. The normalized spacial score (nSPS) is 12.4. The minimum absolute atomic E-state index is 0.593. The van der Waals surface area contributed by atoms with Gasteiger partial charge >= 0.3 is 0 Å². The van der Waals surface area contributed by atoms with Crippen LogP contribution < -0.4 is 5.73 Å². The molecule has 2 rings (SSSR count). The van der Waals surface area contributed by atoms with Crippen LogP contribution >= 0.6 is 11.6 Å². The van der Waals surface area contributed by atoms with E-state index in [1.54, 1.807) is 0 Å². The van der Waals surface area contributed by atoms with Crippen molar-refractivity contribution in [2.75, 3.05) is 5.73 Å². The lowest BCUT2D eigenvalue weighted by atomic mass is 9.95. The summed E-state index contributed by atoms with van der Waals surface area (Å²) in [6.45, 7) is 4.44. The van der Waals surface area contributed by atoms with Gasteiger partial charge in [-0.25, -0.2) is 0 Å². The lowest BCUT2D eigenvalue weighted by molar-refractivity contribution is 0.734. The Morgan fingerprint density at radius 3 is 2.39 bits per heavy atom. The lowest BCUT2D eigenvalue weighted by Crippen LogP contribution is -1.92. The standard InChI is InChI=1S/C16H18ClN/c1-3-11(2)12-4-6-13(7-5-12)15-10-14(17)8-9-16(15)18/h4-11H,3,18H2,1-2H3. The number of halogens is 1. The average Bonchev–Trinajstić information content (AvgIpc) is 2.41. The van der Waals surface area contributed by atoms with Crippen molar-refractivity contribution in [3.8, 4) is 11.1 Å². The van der Waals surface area contributed by atoms with Crippen LogP contribution in [0, 0.1) is 0 Å². The number of benzene rings is 2. The quantitative estimate of drug-likeness (QED) is 0.762. The van der Waals surface area contributed by atoms with Gasteiger partial charge in [-0.05, 0) is 41.7 Å². The fraction of sp³-hybridized carbons (Fsp3) is 0.250. The molecule has 0 heterocycles. The third kappa shape index (κ3) is 2.68. The van der Waals surface area contributed by atoms with Crippen molar-refractivity contribution in [1.82, 2.24) is 0 Å². The second-order valence-corrected chi connectivity index (χ2v) is 5.10. The maximum absolute atomic E-state index is 6.02. The highest BCUT2D eigenvalue weighted by Gasteiger charge is 2.06. The summed E-state index contributed by atoms with van der Waals surface area (Å²) in [5.74, 6) is 0.593. The molecule has 0 fully saturated rings. The van der Waals surface area contributed by atoms with Gasteiger partial charge in [-0.15, -0.1) is 0 Å². The van der Waals surface area contributed by atoms with Crippen LogP contribution in [0.15, 0.2) is 42.5 Å². The van der Waals surface area contributed by atoms with Crippen molar-refractivity contribution in [2.24, 2.45) is 0 Å². The molecule has 0 saturated heterocycles. The third-order valence-electron chi connectivity index (χ3n) is 3.42. The number of nitrogen functional groups attached to an aromatic ring is 1. The summed E-state index contributed by atoms with van der Waals surface area (Å²) in [5.41, 5.74) is 10.2. The van der Waals surface area contributed by atoms with E-state index in [0.717, 1.165) is 23.2 Å². The van der Waals surface area contributed by atoms with Crippen LogP contribution in [0.3, 0.4) is 0 Å². The molecule has 1 nitrogen and oxygen atoms in total. The topological polar surface area (TPSA) is 26.0 Å². The van der Waals surface area contributed by atoms with Crippen molar-refractivity contribution in [3.63, 3.8) is 0 Å². The Kier molecular flexibility index (Phi) is 3.93. The number of hydrogen-bond acceptors (Lipinski definition) is 1. The minimum Gasteiger partial charge on any atom is -0.398 e. The molecule has 1 unspecified atom stereocenters. The molecule has 0 spiro atoms. The summed E-state index contributed by atoms with van der Waals surface area (Å²) in [5, 5.41) is 0.713. The summed E-state index contributed by atoms with van der Waals surface area (Å²) >= 11 is 6.02. The highest BCUT2D eigenvalue weighted by Crippen LogP contribution is 2.30. The summed E-state index contributed by atoms with van der Waals surface area (Å²) in [6.07, 6.45) is 1.15. The Balaban J connectivity index is 2.37. The van der Waals surface area contributed by atoms with Gasteiger partial charge in [0.05, 0.1) is 0 Å². The van der Waals surface area contributed by atoms with Crippen molar-refractivity contribution in [3.05, 3.63) is 53.1 Å². The molecule has 0 aliphatic carbocycles. The molecule has 2 aromatic rings. The fourth-order valence-corrected chi connectivity index (χ4v) is 2.18. The Morgan fingerprint density at radius 1 is 1.11 bits per heavy atom. The summed E-state index contributed by atoms with van der Waals surface area (Å²) in [7, 11) is 0. The SMILES string of the molecule is CCC(C)c1ccc(-c2cc(Cl)ccc2N)cc1. The molecule has 0 saturated carbocycles. The largest absolute Gasteiger partial charge is 0.398 e. The van der Waals surface area contributed by atoms with Crippen LogP contribution in [0.1, 0.15) is 31.7 Å². The van der Waals surface area contributed by atoms with Crippen LogP contribution in [0.2, 0.25) is 5.02 Å². The molecule has 94 valence electrons. The van der Waals surface area contributed by atoms with Crippen LogP contribution in [-0.2, 0) is 0 Å². The maximum Gasteiger partial charge on any atom is 0.0413 e. The minimum atomic E-state index is 0.593. The van der Waals surface area contributed by atoms with E-state index in [9.17, 15) is 0 Å². The first-order valence-corrected chi connectivity index (χ1v) is 6.65. The van der Waals surface area contributed by atoms with Crippen LogP contribution in [0.25, 0.3) is 11.1 Å². The van der Waals surface area contributed by atoms with Crippen molar-refractivity contribution in [1.29, 1.82) is 0 Å². The number of rotatable bonds is 3. The fourth-order valence-electron chi connectivity index (χ4n) is 2.01. The molecule has 0 bridgehead atoms. The van der Waals surface area contributed by atoms with E-state index >= 15 is 0 Å². The average molecular weight is 260 g/mol. The van der Waals surface area contributed by atoms with E-state index in [1.165, 1.54) is 5.56 Å². The number of hydrogen-bond donors (Lipinski definition) is 1. The smallest absolute Gasteiger partial charge is 0.0413 e.